The summed E-state index contributed by atoms with van der Waals surface area (Å²) < 4.78 is 38.3. The van der Waals surface area contributed by atoms with E-state index >= 15 is 0 Å². The van der Waals surface area contributed by atoms with Crippen molar-refractivity contribution in [3.8, 4) is 0 Å². The van der Waals surface area contributed by atoms with E-state index in [-0.39, 0.29) is 23.9 Å². The second-order valence-corrected chi connectivity index (χ2v) is 11.6. The Morgan fingerprint density at radius 1 is 0.975 bits per heavy atom. The number of piperazine rings is 1. The van der Waals surface area contributed by atoms with E-state index in [2.05, 4.69) is 10.3 Å². The second kappa shape index (κ2) is 10.9. The van der Waals surface area contributed by atoms with Gasteiger partial charge in [-0.3, -0.25) is 9.59 Å². The molecule has 1 aromatic heterocycles. The summed E-state index contributed by atoms with van der Waals surface area (Å²) in [4.78, 5) is 34.5. The molecule has 3 aromatic carbocycles. The lowest BCUT2D eigenvalue weighted by Gasteiger charge is -2.38. The van der Waals surface area contributed by atoms with Crippen LogP contribution in [-0.4, -0.2) is 62.6 Å². The van der Waals surface area contributed by atoms with Gasteiger partial charge in [0.05, 0.1) is 10.6 Å². The van der Waals surface area contributed by atoms with Crippen LogP contribution in [0.2, 0.25) is 0 Å². The van der Waals surface area contributed by atoms with Gasteiger partial charge in [0, 0.05) is 49.6 Å². The number of halogens is 1. The maximum absolute atomic E-state index is 13.8. The van der Waals surface area contributed by atoms with Crippen LogP contribution < -0.4 is 16.0 Å². The first-order valence-corrected chi connectivity index (χ1v) is 14.5. The molecule has 2 heterocycles. The molecule has 0 spiro atoms. The van der Waals surface area contributed by atoms with Gasteiger partial charge >= 0.3 is 0 Å². The molecule has 1 fully saturated rings. The van der Waals surface area contributed by atoms with Crippen LogP contribution in [0, 0.1) is 5.82 Å². The largest absolute Gasteiger partial charge is 0.383 e. The topological polar surface area (TPSA) is 126 Å². The number of anilines is 2. The molecule has 1 aliphatic rings. The highest BCUT2D eigenvalue weighted by molar-refractivity contribution is 7.90. The van der Waals surface area contributed by atoms with Crippen molar-refractivity contribution in [3.05, 3.63) is 95.9 Å². The van der Waals surface area contributed by atoms with E-state index in [1.165, 1.54) is 12.1 Å². The van der Waals surface area contributed by atoms with Crippen molar-refractivity contribution in [1.82, 2.24) is 15.2 Å². The summed E-state index contributed by atoms with van der Waals surface area (Å²) >= 11 is 0. The molecule has 9 nitrogen and oxygen atoms in total. The highest BCUT2D eigenvalue weighted by Crippen LogP contribution is 2.28. The Bertz CT molecular complexity index is 1690. The van der Waals surface area contributed by atoms with Gasteiger partial charge < -0.3 is 20.9 Å². The van der Waals surface area contributed by atoms with Gasteiger partial charge in [-0.15, -0.1) is 0 Å². The summed E-state index contributed by atoms with van der Waals surface area (Å²) in [5.41, 5.74) is 7.37. The fraction of sp³-hybridized carbons (Fsp3) is 0.207. The van der Waals surface area contributed by atoms with Crippen molar-refractivity contribution in [2.45, 2.75) is 10.9 Å². The summed E-state index contributed by atoms with van der Waals surface area (Å²) in [5, 5.41) is 4.37. The molecular weight excluding hydrogens is 533 g/mol. The normalized spacial score (nSPS) is 14.7. The zero-order chi connectivity index (χ0) is 28.4. The summed E-state index contributed by atoms with van der Waals surface area (Å²) in [6, 6.07) is 18.6. The van der Waals surface area contributed by atoms with Crippen LogP contribution in [0.5, 0.6) is 0 Å². The highest BCUT2D eigenvalue weighted by atomic mass is 32.2. The smallest absolute Gasteiger partial charge is 0.252 e. The molecule has 1 atom stereocenters. The maximum Gasteiger partial charge on any atom is 0.252 e. The lowest BCUT2D eigenvalue weighted by atomic mass is 10.0. The number of pyridine rings is 1. The summed E-state index contributed by atoms with van der Waals surface area (Å²) in [5.74, 6) is -1.05. The van der Waals surface area contributed by atoms with Crippen molar-refractivity contribution in [2.24, 2.45) is 0 Å². The number of fused-ring (bicyclic) bond motifs is 1. The minimum atomic E-state index is -3.66. The van der Waals surface area contributed by atoms with Crippen molar-refractivity contribution in [2.75, 3.05) is 43.1 Å². The van der Waals surface area contributed by atoms with E-state index in [0.29, 0.717) is 41.1 Å². The van der Waals surface area contributed by atoms with Gasteiger partial charge in [-0.2, -0.15) is 0 Å². The molecule has 0 saturated carbocycles. The monoisotopic (exact) mass is 561 g/mol. The van der Waals surface area contributed by atoms with Crippen LogP contribution in [0.4, 0.5) is 15.9 Å². The first-order valence-electron chi connectivity index (χ1n) is 12.7. The maximum atomic E-state index is 13.8. The Balaban J connectivity index is 1.36. The Morgan fingerprint density at radius 2 is 1.70 bits per heavy atom. The third-order valence-corrected chi connectivity index (χ3v) is 8.09. The van der Waals surface area contributed by atoms with Crippen LogP contribution in [0.25, 0.3) is 10.8 Å². The second-order valence-electron chi connectivity index (χ2n) is 9.65. The third kappa shape index (κ3) is 5.59. The average Bonchev–Trinajstić information content (AvgIpc) is 2.95. The lowest BCUT2D eigenvalue weighted by molar-refractivity contribution is -0.133. The van der Waals surface area contributed by atoms with Crippen LogP contribution in [0.3, 0.4) is 0 Å². The van der Waals surface area contributed by atoms with Gasteiger partial charge in [0.2, 0.25) is 5.91 Å². The number of hydrogen-bond donors (Lipinski definition) is 2. The summed E-state index contributed by atoms with van der Waals surface area (Å²) in [7, 11) is -3.66. The Kier molecular flexibility index (Phi) is 7.40. The predicted molar refractivity (Wildman–Crippen MR) is 151 cm³/mol. The molecule has 40 heavy (non-hydrogen) atoms. The zero-order valence-electron chi connectivity index (χ0n) is 21.7. The summed E-state index contributed by atoms with van der Waals surface area (Å²) in [6.45, 7) is 1.26. The van der Waals surface area contributed by atoms with Gasteiger partial charge in [0.1, 0.15) is 17.7 Å². The quantitative estimate of drug-likeness (QED) is 0.370. The van der Waals surface area contributed by atoms with Crippen molar-refractivity contribution in [1.29, 1.82) is 0 Å². The number of nitrogens with zero attached hydrogens (tertiary/aromatic N) is 3. The number of carbonyl (C=O) groups excluding carboxylic acids is 2. The molecule has 1 aliphatic heterocycles. The van der Waals surface area contributed by atoms with Crippen molar-refractivity contribution < 1.29 is 22.4 Å². The molecule has 4 aromatic rings. The lowest BCUT2D eigenvalue weighted by Crippen LogP contribution is -2.52. The SMILES string of the molecule is CS(=O)(=O)c1cc(F)ccc1N1CCN(C(=O)[C@H](NC(=O)c2ccc3ccnc(N)c3c2)c2ccccc2)CC1. The standard InChI is InChI=1S/C29H28FN5O4S/c1-40(38,39)25-18-22(30)9-10-24(25)34-13-15-35(16-14-34)29(37)26(20-5-3-2-4-6-20)33-28(36)21-8-7-19-11-12-32-27(31)23(19)17-21/h2-12,17-18,26H,13-16H2,1H3,(H2,31,32)(H,33,36)/t26-/m1/s1. The number of nitrogen functional groups attached to an aromatic ring is 1. The first kappa shape index (κ1) is 27.1. The predicted octanol–water partition coefficient (Wildman–Crippen LogP) is 3.18. The average molecular weight is 562 g/mol. The number of nitrogens with two attached hydrogens (primary N) is 1. The molecule has 1 saturated heterocycles. The van der Waals surface area contributed by atoms with Gasteiger partial charge in [-0.05, 0) is 47.3 Å². The van der Waals surface area contributed by atoms with E-state index in [0.717, 1.165) is 17.7 Å². The van der Waals surface area contributed by atoms with Crippen LogP contribution >= 0.6 is 0 Å². The number of sulfone groups is 1. The van der Waals surface area contributed by atoms with E-state index < -0.39 is 27.6 Å². The van der Waals surface area contributed by atoms with E-state index in [9.17, 15) is 22.4 Å². The van der Waals surface area contributed by atoms with Gasteiger partial charge in [-0.1, -0.05) is 36.4 Å². The Labute approximate surface area is 231 Å². The fourth-order valence-electron chi connectivity index (χ4n) is 4.88. The van der Waals surface area contributed by atoms with Gasteiger partial charge in [0.15, 0.2) is 9.84 Å². The fourth-order valence-corrected chi connectivity index (χ4v) is 5.78. The van der Waals surface area contributed by atoms with E-state index in [1.54, 1.807) is 59.6 Å². The molecule has 5 rings (SSSR count). The molecule has 0 radical (unpaired) electrons. The minimum Gasteiger partial charge on any atom is -0.383 e. The van der Waals surface area contributed by atoms with Gasteiger partial charge in [0.25, 0.3) is 5.91 Å². The number of nitrogens with one attached hydrogen (secondary N) is 1. The van der Waals surface area contributed by atoms with Crippen LogP contribution in [-0.2, 0) is 14.6 Å². The number of benzene rings is 3. The summed E-state index contributed by atoms with van der Waals surface area (Å²) in [6.07, 6.45) is 2.64. The number of rotatable bonds is 6. The minimum absolute atomic E-state index is 0.0899. The van der Waals surface area contributed by atoms with Crippen LogP contribution in [0.15, 0.2) is 83.9 Å². The zero-order valence-corrected chi connectivity index (χ0v) is 22.6. The molecule has 0 bridgehead atoms. The number of aromatic nitrogens is 1. The van der Waals surface area contributed by atoms with Crippen LogP contribution in [0.1, 0.15) is 22.0 Å². The molecular formula is C29H28FN5O4S. The third-order valence-electron chi connectivity index (χ3n) is 6.97. The number of carbonyl (C=O) groups is 2. The van der Waals surface area contributed by atoms with E-state index in [1.807, 2.05) is 11.0 Å². The number of amides is 2. The van der Waals surface area contributed by atoms with Crippen molar-refractivity contribution >= 4 is 43.9 Å². The highest BCUT2D eigenvalue weighted by Gasteiger charge is 2.31. The molecule has 0 aliphatic carbocycles. The molecule has 0 unspecified atom stereocenters. The molecule has 3 N–H and O–H groups in total. The Hall–Kier alpha value is -4.51. The number of hydrogen-bond acceptors (Lipinski definition) is 7. The Morgan fingerprint density at radius 3 is 2.40 bits per heavy atom. The van der Waals surface area contributed by atoms with Crippen molar-refractivity contribution in [3.63, 3.8) is 0 Å². The first-order chi connectivity index (χ1) is 19.1. The van der Waals surface area contributed by atoms with Gasteiger partial charge in [-0.25, -0.2) is 17.8 Å². The molecule has 2 amide bonds. The molecule has 11 heteroatoms. The molecule has 206 valence electrons. The van der Waals surface area contributed by atoms with E-state index in [4.69, 9.17) is 5.73 Å².